The fourth-order valence-electron chi connectivity index (χ4n) is 2.43. The number of aryl methyl sites for hydroxylation is 1. The van der Waals surface area contributed by atoms with Crippen molar-refractivity contribution in [3.8, 4) is 6.07 Å². The van der Waals surface area contributed by atoms with Crippen molar-refractivity contribution in [1.29, 1.82) is 5.26 Å². The van der Waals surface area contributed by atoms with Gasteiger partial charge in [0.05, 0.1) is 11.1 Å². The monoisotopic (exact) mass is 378 g/mol. The molecular formula is C21H15ClN2OS. The molecule has 0 atom stereocenters. The van der Waals surface area contributed by atoms with Crippen LogP contribution in [0.1, 0.15) is 21.5 Å². The second-order valence-corrected chi connectivity index (χ2v) is 7.14. The Labute approximate surface area is 161 Å². The first kappa shape index (κ1) is 18.1. The van der Waals surface area contributed by atoms with Crippen molar-refractivity contribution >= 4 is 35.0 Å². The van der Waals surface area contributed by atoms with Crippen molar-refractivity contribution in [2.75, 3.05) is 5.32 Å². The van der Waals surface area contributed by atoms with E-state index in [9.17, 15) is 10.1 Å². The van der Waals surface area contributed by atoms with Crippen LogP contribution in [0.3, 0.4) is 0 Å². The lowest BCUT2D eigenvalue weighted by molar-refractivity contribution is 0.102. The standard InChI is InChI=1S/C21H15ClN2OS/c1-14-10-11-16(22)12-18(14)24-21(25)17-7-3-5-9-20(17)26-19-8-4-2-6-15(19)13-23/h2-12H,1H3,(H,24,25). The molecular weight excluding hydrogens is 364 g/mol. The molecule has 1 N–H and O–H groups in total. The molecule has 0 aliphatic heterocycles. The zero-order chi connectivity index (χ0) is 18.5. The molecule has 0 saturated heterocycles. The van der Waals surface area contributed by atoms with Gasteiger partial charge in [0.2, 0.25) is 0 Å². The third kappa shape index (κ3) is 4.08. The van der Waals surface area contributed by atoms with E-state index in [2.05, 4.69) is 11.4 Å². The number of hydrogen-bond donors (Lipinski definition) is 1. The number of carbonyl (C=O) groups excluding carboxylic acids is 1. The van der Waals surface area contributed by atoms with Crippen LogP contribution in [0.5, 0.6) is 0 Å². The zero-order valence-corrected chi connectivity index (χ0v) is 15.6. The van der Waals surface area contributed by atoms with E-state index in [1.807, 2.05) is 49.4 Å². The Bertz CT molecular complexity index is 1010. The first-order chi connectivity index (χ1) is 12.6. The first-order valence-corrected chi connectivity index (χ1v) is 9.11. The number of nitrogens with one attached hydrogen (secondary N) is 1. The minimum absolute atomic E-state index is 0.215. The van der Waals surface area contributed by atoms with Gasteiger partial charge in [0.1, 0.15) is 6.07 Å². The summed E-state index contributed by atoms with van der Waals surface area (Å²) in [5, 5.41) is 12.8. The topological polar surface area (TPSA) is 52.9 Å². The quantitative estimate of drug-likeness (QED) is 0.612. The van der Waals surface area contributed by atoms with Crippen LogP contribution < -0.4 is 5.32 Å². The molecule has 3 aromatic carbocycles. The van der Waals surface area contributed by atoms with Gasteiger partial charge in [0.25, 0.3) is 5.91 Å². The smallest absolute Gasteiger partial charge is 0.256 e. The summed E-state index contributed by atoms with van der Waals surface area (Å²) in [7, 11) is 0. The lowest BCUT2D eigenvalue weighted by Crippen LogP contribution is -2.13. The van der Waals surface area contributed by atoms with E-state index in [-0.39, 0.29) is 5.91 Å². The second kappa shape index (κ2) is 8.09. The van der Waals surface area contributed by atoms with Gasteiger partial charge in [-0.15, -0.1) is 0 Å². The third-order valence-corrected chi connectivity index (χ3v) is 5.19. The van der Waals surface area contributed by atoms with Crippen LogP contribution in [0.4, 0.5) is 5.69 Å². The van der Waals surface area contributed by atoms with Gasteiger partial charge in [-0.2, -0.15) is 5.26 Å². The van der Waals surface area contributed by atoms with E-state index in [1.165, 1.54) is 11.8 Å². The highest BCUT2D eigenvalue weighted by Gasteiger charge is 2.14. The summed E-state index contributed by atoms with van der Waals surface area (Å²) >= 11 is 7.43. The van der Waals surface area contributed by atoms with Gasteiger partial charge in [0.15, 0.2) is 0 Å². The molecule has 0 unspecified atom stereocenters. The minimum atomic E-state index is -0.215. The average molecular weight is 379 g/mol. The molecule has 0 heterocycles. The van der Waals surface area contributed by atoms with E-state index in [1.54, 1.807) is 24.3 Å². The number of amides is 1. The molecule has 0 fully saturated rings. The van der Waals surface area contributed by atoms with Gasteiger partial charge >= 0.3 is 0 Å². The Morgan fingerprint density at radius 3 is 2.50 bits per heavy atom. The molecule has 0 spiro atoms. The lowest BCUT2D eigenvalue weighted by atomic mass is 10.1. The molecule has 0 bridgehead atoms. The number of hydrogen-bond acceptors (Lipinski definition) is 3. The number of halogens is 1. The Morgan fingerprint density at radius 2 is 1.73 bits per heavy atom. The highest BCUT2D eigenvalue weighted by molar-refractivity contribution is 7.99. The Morgan fingerprint density at radius 1 is 1.04 bits per heavy atom. The molecule has 0 aromatic heterocycles. The van der Waals surface area contributed by atoms with Crippen molar-refractivity contribution in [2.45, 2.75) is 16.7 Å². The van der Waals surface area contributed by atoms with Gasteiger partial charge in [-0.1, -0.05) is 53.7 Å². The van der Waals surface area contributed by atoms with Crippen molar-refractivity contribution in [2.24, 2.45) is 0 Å². The number of nitrogens with zero attached hydrogens (tertiary/aromatic N) is 1. The van der Waals surface area contributed by atoms with E-state index < -0.39 is 0 Å². The van der Waals surface area contributed by atoms with E-state index in [4.69, 9.17) is 11.6 Å². The number of carbonyl (C=O) groups is 1. The molecule has 3 nitrogen and oxygen atoms in total. The Balaban J connectivity index is 1.90. The summed E-state index contributed by atoms with van der Waals surface area (Å²) in [4.78, 5) is 14.4. The van der Waals surface area contributed by atoms with Gasteiger partial charge in [-0.3, -0.25) is 4.79 Å². The van der Waals surface area contributed by atoms with E-state index in [0.717, 1.165) is 15.4 Å². The summed E-state index contributed by atoms with van der Waals surface area (Å²) in [6, 6.07) is 22.2. The molecule has 128 valence electrons. The zero-order valence-electron chi connectivity index (χ0n) is 14.0. The fraction of sp³-hybridized carbons (Fsp3) is 0.0476. The highest BCUT2D eigenvalue weighted by atomic mass is 35.5. The molecule has 0 aliphatic rings. The summed E-state index contributed by atoms with van der Waals surface area (Å²) in [5.74, 6) is -0.215. The van der Waals surface area contributed by atoms with Crippen molar-refractivity contribution in [3.63, 3.8) is 0 Å². The third-order valence-electron chi connectivity index (χ3n) is 3.81. The van der Waals surface area contributed by atoms with Crippen LogP contribution >= 0.6 is 23.4 Å². The number of nitriles is 1. The maximum atomic E-state index is 12.8. The van der Waals surface area contributed by atoms with Gasteiger partial charge in [-0.05, 0) is 48.9 Å². The number of anilines is 1. The van der Waals surface area contributed by atoms with Crippen molar-refractivity contribution in [1.82, 2.24) is 0 Å². The molecule has 3 aromatic rings. The van der Waals surface area contributed by atoms with Crippen LogP contribution in [0, 0.1) is 18.3 Å². The van der Waals surface area contributed by atoms with Crippen LogP contribution in [-0.4, -0.2) is 5.91 Å². The molecule has 26 heavy (non-hydrogen) atoms. The summed E-state index contributed by atoms with van der Waals surface area (Å²) < 4.78 is 0. The molecule has 5 heteroatoms. The van der Waals surface area contributed by atoms with Crippen LogP contribution in [0.25, 0.3) is 0 Å². The second-order valence-electron chi connectivity index (χ2n) is 5.62. The predicted molar refractivity (Wildman–Crippen MR) is 106 cm³/mol. The average Bonchev–Trinajstić information content (AvgIpc) is 2.65. The molecule has 1 amide bonds. The molecule has 0 radical (unpaired) electrons. The van der Waals surface area contributed by atoms with Crippen molar-refractivity contribution in [3.05, 3.63) is 88.4 Å². The molecule has 0 saturated carbocycles. The predicted octanol–water partition coefficient (Wildman–Crippen LogP) is 5.92. The normalized spacial score (nSPS) is 10.2. The van der Waals surface area contributed by atoms with Gasteiger partial charge < -0.3 is 5.32 Å². The maximum absolute atomic E-state index is 12.8. The Kier molecular flexibility index (Phi) is 5.62. The minimum Gasteiger partial charge on any atom is -0.322 e. The number of rotatable bonds is 4. The van der Waals surface area contributed by atoms with Crippen LogP contribution in [0.15, 0.2) is 76.5 Å². The van der Waals surface area contributed by atoms with Gasteiger partial charge in [-0.25, -0.2) is 0 Å². The summed E-state index contributed by atoms with van der Waals surface area (Å²) in [6.45, 7) is 1.91. The van der Waals surface area contributed by atoms with Gasteiger partial charge in [0, 0.05) is 20.5 Å². The molecule has 0 aliphatic carbocycles. The van der Waals surface area contributed by atoms with E-state index in [0.29, 0.717) is 21.8 Å². The lowest BCUT2D eigenvalue weighted by Gasteiger charge is -2.12. The highest BCUT2D eigenvalue weighted by Crippen LogP contribution is 2.33. The first-order valence-electron chi connectivity index (χ1n) is 7.92. The summed E-state index contributed by atoms with van der Waals surface area (Å²) in [6.07, 6.45) is 0. The van der Waals surface area contributed by atoms with Crippen LogP contribution in [0.2, 0.25) is 5.02 Å². The fourth-order valence-corrected chi connectivity index (χ4v) is 3.62. The Hall–Kier alpha value is -2.74. The number of benzene rings is 3. The van der Waals surface area contributed by atoms with Crippen LogP contribution in [-0.2, 0) is 0 Å². The maximum Gasteiger partial charge on any atom is 0.256 e. The SMILES string of the molecule is Cc1ccc(Cl)cc1NC(=O)c1ccccc1Sc1ccccc1C#N. The largest absolute Gasteiger partial charge is 0.322 e. The molecule has 3 rings (SSSR count). The van der Waals surface area contributed by atoms with Crippen molar-refractivity contribution < 1.29 is 4.79 Å². The summed E-state index contributed by atoms with van der Waals surface area (Å²) in [5.41, 5.74) is 2.74. The van der Waals surface area contributed by atoms with E-state index >= 15 is 0 Å².